The van der Waals surface area contributed by atoms with E-state index in [0.29, 0.717) is 0 Å². The summed E-state index contributed by atoms with van der Waals surface area (Å²) < 4.78 is 61.0. The van der Waals surface area contributed by atoms with Gasteiger partial charge in [-0.05, 0) is 45.2 Å². The quantitative estimate of drug-likeness (QED) is 0.655. The number of hydrogen-bond donors (Lipinski definition) is 0. The lowest BCUT2D eigenvalue weighted by Gasteiger charge is -2.19. The van der Waals surface area contributed by atoms with Crippen LogP contribution in [0, 0.1) is 13.8 Å². The Morgan fingerprint density at radius 2 is 1.04 bits per heavy atom. The summed E-state index contributed by atoms with van der Waals surface area (Å²) in [4.78, 5) is 1.81. The standard InChI is InChI=1S/C19H23NO6S2/c1-14-4-8-16(9-5-14)27(21,22)25-18-12-20(3)13-19(18)26-28(23,24)17-10-6-15(2)7-11-17/h4-11,18-19H,12-13H2,1-3H3/t18-,19+. The molecule has 2 atom stereocenters. The van der Waals surface area contributed by atoms with Gasteiger partial charge in [0.1, 0.15) is 12.2 Å². The Morgan fingerprint density at radius 3 is 1.36 bits per heavy atom. The highest BCUT2D eigenvalue weighted by Gasteiger charge is 2.39. The largest absolute Gasteiger partial charge is 0.301 e. The second-order valence-corrected chi connectivity index (χ2v) is 10.2. The molecular weight excluding hydrogens is 402 g/mol. The topological polar surface area (TPSA) is 90.0 Å². The average Bonchev–Trinajstić information content (AvgIpc) is 2.93. The van der Waals surface area contributed by atoms with Gasteiger partial charge in [-0.3, -0.25) is 8.37 Å². The maximum absolute atomic E-state index is 12.6. The van der Waals surface area contributed by atoms with Crippen LogP contribution in [0.1, 0.15) is 11.1 Å². The molecule has 1 aliphatic heterocycles. The molecule has 1 saturated heterocycles. The minimum atomic E-state index is -4.04. The third-order valence-corrected chi connectivity index (χ3v) is 7.22. The fourth-order valence-electron chi connectivity index (χ4n) is 2.96. The molecule has 0 radical (unpaired) electrons. The van der Waals surface area contributed by atoms with Crippen molar-refractivity contribution in [1.29, 1.82) is 0 Å². The van der Waals surface area contributed by atoms with Crippen LogP contribution in [0.2, 0.25) is 0 Å². The van der Waals surface area contributed by atoms with Crippen molar-refractivity contribution in [2.45, 2.75) is 35.8 Å². The van der Waals surface area contributed by atoms with Crippen LogP contribution in [0.4, 0.5) is 0 Å². The summed E-state index contributed by atoms with van der Waals surface area (Å²) in [5.74, 6) is 0. The van der Waals surface area contributed by atoms with E-state index in [1.54, 1.807) is 36.2 Å². The van der Waals surface area contributed by atoms with Gasteiger partial charge in [-0.1, -0.05) is 35.4 Å². The van der Waals surface area contributed by atoms with Crippen molar-refractivity contribution in [1.82, 2.24) is 4.90 Å². The molecule has 2 aromatic rings. The zero-order chi connectivity index (χ0) is 20.5. The predicted molar refractivity (Wildman–Crippen MR) is 104 cm³/mol. The Balaban J connectivity index is 1.79. The predicted octanol–water partition coefficient (Wildman–Crippen LogP) is 2.10. The van der Waals surface area contributed by atoms with Crippen molar-refractivity contribution in [2.24, 2.45) is 0 Å². The molecule has 28 heavy (non-hydrogen) atoms. The van der Waals surface area contributed by atoms with Gasteiger partial charge in [-0.2, -0.15) is 16.8 Å². The molecule has 1 aliphatic rings. The molecule has 0 spiro atoms. The lowest BCUT2D eigenvalue weighted by Crippen LogP contribution is -2.34. The van der Waals surface area contributed by atoms with Crippen molar-refractivity contribution < 1.29 is 25.2 Å². The zero-order valence-electron chi connectivity index (χ0n) is 15.9. The summed E-state index contributed by atoms with van der Waals surface area (Å²) in [7, 11) is -6.34. The Labute approximate surface area is 166 Å². The van der Waals surface area contributed by atoms with Crippen molar-refractivity contribution in [3.05, 3.63) is 59.7 Å². The molecular formula is C19H23NO6S2. The molecule has 0 N–H and O–H groups in total. The highest BCUT2D eigenvalue weighted by Crippen LogP contribution is 2.25. The van der Waals surface area contributed by atoms with E-state index in [-0.39, 0.29) is 22.9 Å². The van der Waals surface area contributed by atoms with Crippen LogP contribution in [0.3, 0.4) is 0 Å². The lowest BCUT2D eigenvalue weighted by atomic mass is 10.2. The van der Waals surface area contributed by atoms with E-state index in [0.717, 1.165) is 11.1 Å². The highest BCUT2D eigenvalue weighted by molar-refractivity contribution is 7.87. The molecule has 0 unspecified atom stereocenters. The van der Waals surface area contributed by atoms with E-state index in [1.807, 2.05) is 13.8 Å². The summed E-state index contributed by atoms with van der Waals surface area (Å²) in [6.07, 6.45) is -1.87. The Bertz CT molecular complexity index is 945. The molecule has 0 bridgehead atoms. The fourth-order valence-corrected chi connectivity index (χ4v) is 5.14. The number of nitrogens with zero attached hydrogens (tertiary/aromatic N) is 1. The fraction of sp³-hybridized carbons (Fsp3) is 0.368. The Morgan fingerprint density at radius 1 is 0.714 bits per heavy atom. The van der Waals surface area contributed by atoms with E-state index in [9.17, 15) is 16.8 Å². The number of rotatable bonds is 6. The van der Waals surface area contributed by atoms with E-state index in [4.69, 9.17) is 8.37 Å². The number of likely N-dealkylation sites (N-methyl/N-ethyl adjacent to an activating group) is 1. The Hall–Kier alpha value is -1.78. The maximum atomic E-state index is 12.6. The molecule has 0 saturated carbocycles. The number of aryl methyl sites for hydroxylation is 2. The zero-order valence-corrected chi connectivity index (χ0v) is 17.5. The molecule has 1 heterocycles. The van der Waals surface area contributed by atoms with Crippen molar-refractivity contribution in [3.63, 3.8) is 0 Å². The molecule has 0 aliphatic carbocycles. The van der Waals surface area contributed by atoms with Crippen LogP contribution >= 0.6 is 0 Å². The van der Waals surface area contributed by atoms with Crippen LogP contribution in [0.25, 0.3) is 0 Å². The van der Waals surface area contributed by atoms with E-state index >= 15 is 0 Å². The second-order valence-electron chi connectivity index (χ2n) is 7.02. The first-order chi connectivity index (χ1) is 13.1. The number of hydrogen-bond acceptors (Lipinski definition) is 7. The molecule has 3 rings (SSSR count). The van der Waals surface area contributed by atoms with Gasteiger partial charge in [0.2, 0.25) is 0 Å². The second kappa shape index (κ2) is 7.92. The smallest absolute Gasteiger partial charge is 0.297 e. The van der Waals surface area contributed by atoms with Crippen molar-refractivity contribution >= 4 is 20.2 Å². The summed E-state index contributed by atoms with van der Waals surface area (Å²) in [6.45, 7) is 4.17. The SMILES string of the molecule is Cc1ccc(S(=O)(=O)O[C@H]2CN(C)C[C@H]2OS(=O)(=O)c2ccc(C)cc2)cc1. The molecule has 2 aromatic carbocycles. The highest BCUT2D eigenvalue weighted by atomic mass is 32.2. The first-order valence-corrected chi connectivity index (χ1v) is 11.6. The molecule has 152 valence electrons. The van der Waals surface area contributed by atoms with Crippen LogP contribution < -0.4 is 0 Å². The van der Waals surface area contributed by atoms with Crippen LogP contribution in [-0.2, 0) is 28.6 Å². The molecule has 7 nitrogen and oxygen atoms in total. The van der Waals surface area contributed by atoms with E-state index in [1.165, 1.54) is 24.3 Å². The summed E-state index contributed by atoms with van der Waals surface area (Å²) >= 11 is 0. The van der Waals surface area contributed by atoms with Crippen LogP contribution in [0.15, 0.2) is 58.3 Å². The van der Waals surface area contributed by atoms with Gasteiger partial charge in [0, 0.05) is 13.1 Å². The summed E-state index contributed by atoms with van der Waals surface area (Å²) in [5, 5.41) is 0. The van der Waals surface area contributed by atoms with Crippen LogP contribution in [0.5, 0.6) is 0 Å². The monoisotopic (exact) mass is 425 g/mol. The van der Waals surface area contributed by atoms with Crippen LogP contribution in [-0.4, -0.2) is 54.1 Å². The van der Waals surface area contributed by atoms with Gasteiger partial charge in [0.15, 0.2) is 0 Å². The summed E-state index contributed by atoms with van der Waals surface area (Å²) in [5.41, 5.74) is 1.84. The molecule has 0 aromatic heterocycles. The Kier molecular flexibility index (Phi) is 5.92. The molecule has 9 heteroatoms. The molecule has 1 fully saturated rings. The van der Waals surface area contributed by atoms with Crippen molar-refractivity contribution in [3.8, 4) is 0 Å². The minimum Gasteiger partial charge on any atom is -0.301 e. The van der Waals surface area contributed by atoms with Gasteiger partial charge < -0.3 is 4.90 Å². The maximum Gasteiger partial charge on any atom is 0.297 e. The van der Waals surface area contributed by atoms with E-state index in [2.05, 4.69) is 0 Å². The van der Waals surface area contributed by atoms with Gasteiger partial charge in [-0.15, -0.1) is 0 Å². The first kappa shape index (κ1) is 20.9. The first-order valence-electron chi connectivity index (χ1n) is 8.75. The third-order valence-electron chi connectivity index (χ3n) is 4.52. The van der Waals surface area contributed by atoms with Gasteiger partial charge in [0.05, 0.1) is 9.79 Å². The third kappa shape index (κ3) is 4.79. The average molecular weight is 426 g/mol. The molecule has 0 amide bonds. The van der Waals surface area contributed by atoms with Gasteiger partial charge in [-0.25, -0.2) is 0 Å². The van der Waals surface area contributed by atoms with Crippen molar-refractivity contribution in [2.75, 3.05) is 20.1 Å². The lowest BCUT2D eigenvalue weighted by molar-refractivity contribution is 0.101. The number of benzene rings is 2. The van der Waals surface area contributed by atoms with Gasteiger partial charge in [0.25, 0.3) is 20.2 Å². The number of likely N-dealkylation sites (tertiary alicyclic amines) is 1. The normalized spacial score (nSPS) is 21.1. The summed E-state index contributed by atoms with van der Waals surface area (Å²) in [6, 6.07) is 12.5. The van der Waals surface area contributed by atoms with Gasteiger partial charge >= 0.3 is 0 Å². The van der Waals surface area contributed by atoms with E-state index < -0.39 is 32.4 Å². The minimum absolute atomic E-state index is 0.0211.